The number of likely N-dealkylation sites (N-methyl/N-ethyl adjacent to an activating group) is 1. The molecule has 3 aliphatic carbocycles. The Labute approximate surface area is 234 Å². The van der Waals surface area contributed by atoms with Crippen molar-refractivity contribution in [3.63, 3.8) is 0 Å². The number of carbonyl (C=O) groups excluding carboxylic acids is 6. The van der Waals surface area contributed by atoms with E-state index in [4.69, 9.17) is 10.5 Å². The molecule has 2 unspecified atom stereocenters. The number of phenolic OH excluding ortho intramolecular Hbond substituents is 1. The number of ketones is 4. The third kappa shape index (κ3) is 4.05. The van der Waals surface area contributed by atoms with Crippen LogP contribution in [0.5, 0.6) is 5.75 Å². The lowest BCUT2D eigenvalue weighted by Crippen LogP contribution is -2.78. The van der Waals surface area contributed by atoms with Crippen molar-refractivity contribution in [3.05, 3.63) is 59.7 Å². The number of rotatable bonds is 4. The minimum Gasteiger partial charge on any atom is -0.507 e. The lowest BCUT2D eigenvalue weighted by molar-refractivity contribution is -0.196. The number of phenols is 1. The third-order valence-corrected chi connectivity index (χ3v) is 8.59. The van der Waals surface area contributed by atoms with Gasteiger partial charge in [-0.1, -0.05) is 37.3 Å². The van der Waals surface area contributed by atoms with Gasteiger partial charge in [-0.25, -0.2) is 4.79 Å². The summed E-state index contributed by atoms with van der Waals surface area (Å²) in [7, 11) is 2.88. The molecule has 12 heteroatoms. The molecule has 5 rings (SSSR count). The van der Waals surface area contributed by atoms with Crippen molar-refractivity contribution in [1.82, 2.24) is 4.90 Å². The first-order valence-electron chi connectivity index (χ1n) is 13.0. The summed E-state index contributed by atoms with van der Waals surface area (Å²) in [5.41, 5.74) is 2.87. The first-order valence-corrected chi connectivity index (χ1v) is 13.0. The van der Waals surface area contributed by atoms with Gasteiger partial charge in [0.2, 0.25) is 5.91 Å². The van der Waals surface area contributed by atoms with Gasteiger partial charge in [-0.15, -0.1) is 0 Å². The Morgan fingerprint density at radius 3 is 2.27 bits per heavy atom. The van der Waals surface area contributed by atoms with E-state index in [1.54, 1.807) is 43.3 Å². The Balaban J connectivity index is 1.72. The minimum atomic E-state index is -3.08. The maximum Gasteiger partial charge on any atom is 0.411 e. The Morgan fingerprint density at radius 1 is 1.00 bits per heavy atom. The minimum absolute atomic E-state index is 0.154. The van der Waals surface area contributed by atoms with E-state index in [2.05, 4.69) is 5.32 Å². The normalized spacial score (nSPS) is 32.6. The number of primary amides is 1. The van der Waals surface area contributed by atoms with Crippen LogP contribution < -0.4 is 11.1 Å². The van der Waals surface area contributed by atoms with Gasteiger partial charge in [-0.3, -0.25) is 34.2 Å². The number of nitrogens with zero attached hydrogens (tertiary/aromatic N) is 1. The van der Waals surface area contributed by atoms with Crippen LogP contribution >= 0.6 is 0 Å². The summed E-state index contributed by atoms with van der Waals surface area (Å²) in [6.45, 7) is 1.66. The molecule has 2 aromatic rings. The molecule has 0 aromatic heterocycles. The summed E-state index contributed by atoms with van der Waals surface area (Å²) in [6, 6.07) is 11.1. The highest BCUT2D eigenvalue weighted by Gasteiger charge is 2.74. The molecule has 0 bridgehead atoms. The van der Waals surface area contributed by atoms with Crippen molar-refractivity contribution in [2.75, 3.05) is 19.4 Å². The number of ether oxygens (including phenoxy) is 1. The van der Waals surface area contributed by atoms with Crippen LogP contribution in [0, 0.1) is 23.7 Å². The van der Waals surface area contributed by atoms with Crippen LogP contribution in [0.15, 0.2) is 48.5 Å². The number of Topliss-reactive ketones (excluding diaryl/α,β-unsaturated/α-hetero) is 4. The first kappa shape index (κ1) is 28.1. The molecule has 8 atom stereocenters. The van der Waals surface area contributed by atoms with E-state index in [0.717, 1.165) is 0 Å². The molecule has 2 fully saturated rings. The molecule has 2 aromatic carbocycles. The quantitative estimate of drug-likeness (QED) is 0.384. The van der Waals surface area contributed by atoms with E-state index in [1.165, 1.54) is 31.1 Å². The number of anilines is 1. The zero-order valence-corrected chi connectivity index (χ0v) is 22.4. The molecule has 41 heavy (non-hydrogen) atoms. The maximum absolute atomic E-state index is 14.2. The third-order valence-electron chi connectivity index (χ3n) is 8.59. The average Bonchev–Trinajstić information content (AvgIpc) is 2.90. The van der Waals surface area contributed by atoms with Crippen LogP contribution in [-0.4, -0.2) is 82.1 Å². The van der Waals surface area contributed by atoms with Gasteiger partial charge >= 0.3 is 6.09 Å². The Bertz CT molecular complexity index is 1490. The van der Waals surface area contributed by atoms with E-state index in [1.807, 2.05) is 0 Å². The lowest BCUT2D eigenvalue weighted by Gasteiger charge is -2.56. The monoisotopic (exact) mass is 563 g/mol. The first-order chi connectivity index (χ1) is 19.3. The van der Waals surface area contributed by atoms with E-state index in [-0.39, 0.29) is 5.56 Å². The van der Waals surface area contributed by atoms with Gasteiger partial charge in [0.05, 0.1) is 23.4 Å². The molecule has 3 aliphatic rings. The Hall–Kier alpha value is -4.42. The number of nitrogens with one attached hydrogen (secondary N) is 1. The van der Waals surface area contributed by atoms with Gasteiger partial charge in [0.25, 0.3) is 0 Å². The smallest absolute Gasteiger partial charge is 0.411 e. The number of fused-ring (bicyclic) bond motifs is 3. The molecule has 214 valence electrons. The van der Waals surface area contributed by atoms with Crippen LogP contribution in [-0.2, 0) is 23.9 Å². The van der Waals surface area contributed by atoms with Gasteiger partial charge in [0, 0.05) is 11.6 Å². The summed E-state index contributed by atoms with van der Waals surface area (Å²) in [6.07, 6.45) is -2.57. The molecular formula is C29H29N3O9. The summed E-state index contributed by atoms with van der Waals surface area (Å²) in [5.74, 6) is -13.7. The van der Waals surface area contributed by atoms with Gasteiger partial charge in [-0.05, 0) is 43.8 Å². The molecule has 0 aliphatic heterocycles. The number of aromatic hydroxyl groups is 1. The molecule has 5 N–H and O–H groups in total. The zero-order valence-electron chi connectivity index (χ0n) is 22.4. The molecule has 2 amide bonds. The molecular weight excluding hydrogens is 534 g/mol. The predicted molar refractivity (Wildman–Crippen MR) is 142 cm³/mol. The number of aliphatic hydroxyl groups is 1. The number of benzene rings is 2. The Kier molecular flexibility index (Phi) is 6.79. The van der Waals surface area contributed by atoms with Crippen molar-refractivity contribution in [2.24, 2.45) is 29.4 Å². The highest BCUT2D eigenvalue weighted by Crippen LogP contribution is 2.55. The zero-order chi connectivity index (χ0) is 30.0. The van der Waals surface area contributed by atoms with Crippen molar-refractivity contribution in [2.45, 2.75) is 30.6 Å². The molecule has 0 spiro atoms. The standard InChI is InChI=1S/C29H29N3O9/c1-12-14-10-7-11-15(33)17(14)22(34)18-16(12)24(41-28(39)31-13-8-5-4-6-9-13)20-21(32(2)3)23(35)19(27(30)38)26(37)29(20,40)25(18)36/h4-12,16,18-21,24,33,40H,1-3H3,(H2,30,38)(H,31,39)/t12-,16+,18?,19?,20+,21-,24-,29-/m1/s1. The van der Waals surface area contributed by atoms with Crippen LogP contribution in [0.4, 0.5) is 10.5 Å². The van der Waals surface area contributed by atoms with Crippen molar-refractivity contribution >= 4 is 40.8 Å². The molecule has 2 saturated carbocycles. The molecule has 0 heterocycles. The second-order valence-corrected chi connectivity index (χ2v) is 11.0. The summed E-state index contributed by atoms with van der Waals surface area (Å²) in [4.78, 5) is 82.1. The highest BCUT2D eigenvalue weighted by molar-refractivity contribution is 6.32. The fraction of sp³-hybridized carbons (Fsp3) is 0.379. The number of para-hydroxylation sites is 1. The summed E-state index contributed by atoms with van der Waals surface area (Å²) < 4.78 is 5.86. The second kappa shape index (κ2) is 9.89. The maximum atomic E-state index is 14.2. The van der Waals surface area contributed by atoms with Gasteiger partial charge in [0.15, 0.2) is 34.7 Å². The molecule has 0 radical (unpaired) electrons. The fourth-order valence-electron chi connectivity index (χ4n) is 6.86. The number of nitrogens with two attached hydrogens (primary N) is 1. The summed E-state index contributed by atoms with van der Waals surface area (Å²) >= 11 is 0. The van der Waals surface area contributed by atoms with E-state index in [9.17, 15) is 39.0 Å². The van der Waals surface area contributed by atoms with Crippen LogP contribution in [0.3, 0.4) is 0 Å². The van der Waals surface area contributed by atoms with Crippen molar-refractivity contribution in [1.29, 1.82) is 0 Å². The number of hydrogen-bond acceptors (Lipinski definition) is 10. The van der Waals surface area contributed by atoms with Crippen LogP contribution in [0.1, 0.15) is 28.8 Å². The van der Waals surface area contributed by atoms with E-state index < -0.39 is 88.2 Å². The van der Waals surface area contributed by atoms with E-state index >= 15 is 0 Å². The van der Waals surface area contributed by atoms with Crippen molar-refractivity contribution in [3.8, 4) is 5.75 Å². The van der Waals surface area contributed by atoms with Crippen molar-refractivity contribution < 1.29 is 43.7 Å². The van der Waals surface area contributed by atoms with Gasteiger partial charge in [-0.2, -0.15) is 0 Å². The molecule has 12 nitrogen and oxygen atoms in total. The fourth-order valence-corrected chi connectivity index (χ4v) is 6.86. The topological polar surface area (TPSA) is 193 Å². The lowest BCUT2D eigenvalue weighted by atomic mass is 9.49. The number of carbonyl (C=O) groups is 6. The Morgan fingerprint density at radius 2 is 1.66 bits per heavy atom. The van der Waals surface area contributed by atoms with Gasteiger partial charge < -0.3 is 20.7 Å². The molecule has 0 saturated heterocycles. The number of hydrogen-bond donors (Lipinski definition) is 4. The highest BCUT2D eigenvalue weighted by atomic mass is 16.6. The average molecular weight is 564 g/mol. The van der Waals surface area contributed by atoms with Crippen LogP contribution in [0.2, 0.25) is 0 Å². The van der Waals surface area contributed by atoms with Gasteiger partial charge in [0.1, 0.15) is 11.9 Å². The second-order valence-electron chi connectivity index (χ2n) is 11.0. The largest absolute Gasteiger partial charge is 0.507 e. The van der Waals surface area contributed by atoms with E-state index in [0.29, 0.717) is 11.3 Å². The van der Waals surface area contributed by atoms with Crippen LogP contribution in [0.25, 0.3) is 0 Å². The summed E-state index contributed by atoms with van der Waals surface area (Å²) in [5, 5.41) is 25.1. The predicted octanol–water partition coefficient (Wildman–Crippen LogP) is 0.655. The number of amides is 2. The SMILES string of the molecule is C[C@@H]1c2cccc(O)c2C(=O)C2C(=O)[C@@]3(O)C(=O)C(C(N)=O)C(=O)[C@H](N(C)C)[C@H]3[C@H](OC(=O)Nc3ccccc3)[C@H]21.